The van der Waals surface area contributed by atoms with Crippen molar-refractivity contribution >= 4 is 45.5 Å². The highest BCUT2D eigenvalue weighted by molar-refractivity contribution is 8.93. The van der Waals surface area contributed by atoms with Crippen LogP contribution in [0.1, 0.15) is 117 Å². The maximum atomic E-state index is 13.4. The molecule has 236 valence electrons. The Kier molecular flexibility index (Phi) is 14.3. The third-order valence-corrected chi connectivity index (χ3v) is 8.69. The van der Waals surface area contributed by atoms with E-state index in [2.05, 4.69) is 24.1 Å². The number of amides is 1. The standard InChI is InChI=1S/C36H50N2O4.BrH/c1-5-12-33-29(20-22-38(8-4)21-11-15-27-13-9-10-14-27)31-25-28(17-19-34(31)42-33)37-35(39)30-18-16-26(7-3)24-32(30)36(40)41-23-6-2;/h16-19,24-25,27H,5-15,20-23H2,1-4H3,(H,37,39);1H. The fourth-order valence-electron chi connectivity index (χ4n) is 6.23. The topological polar surface area (TPSA) is 71.8 Å². The first-order valence-corrected chi connectivity index (χ1v) is 16.3. The summed E-state index contributed by atoms with van der Waals surface area (Å²) in [5.41, 5.74) is 4.41. The second-order valence-corrected chi connectivity index (χ2v) is 11.8. The molecule has 1 aliphatic rings. The molecule has 2 aromatic carbocycles. The number of halogens is 1. The van der Waals surface area contributed by atoms with E-state index in [1.165, 1.54) is 44.1 Å². The Balaban J connectivity index is 0.00000506. The molecule has 6 nitrogen and oxygen atoms in total. The van der Waals surface area contributed by atoms with Gasteiger partial charge in [-0.1, -0.05) is 59.4 Å². The monoisotopic (exact) mass is 654 g/mol. The van der Waals surface area contributed by atoms with Crippen LogP contribution in [-0.2, 0) is 24.0 Å². The molecule has 0 bridgehead atoms. The smallest absolute Gasteiger partial charge is 0.338 e. The minimum atomic E-state index is -0.460. The lowest BCUT2D eigenvalue weighted by Crippen LogP contribution is -2.27. The second kappa shape index (κ2) is 17.6. The Morgan fingerprint density at radius 1 is 0.953 bits per heavy atom. The summed E-state index contributed by atoms with van der Waals surface area (Å²) < 4.78 is 11.7. The first kappa shape index (κ1) is 34.8. The highest BCUT2D eigenvalue weighted by Gasteiger charge is 2.21. The number of carbonyl (C=O) groups is 2. The van der Waals surface area contributed by atoms with Crippen LogP contribution in [0.4, 0.5) is 5.69 Å². The van der Waals surface area contributed by atoms with Gasteiger partial charge < -0.3 is 19.4 Å². The van der Waals surface area contributed by atoms with Gasteiger partial charge in [-0.05, 0) is 93.4 Å². The molecule has 0 spiro atoms. The third-order valence-electron chi connectivity index (χ3n) is 8.69. The number of ether oxygens (including phenoxy) is 1. The summed E-state index contributed by atoms with van der Waals surface area (Å²) in [6.07, 6.45) is 12.6. The number of carbonyl (C=O) groups excluding carboxylic acids is 2. The van der Waals surface area contributed by atoms with Crippen LogP contribution in [0, 0.1) is 5.92 Å². The molecule has 1 fully saturated rings. The van der Waals surface area contributed by atoms with Gasteiger partial charge in [0.15, 0.2) is 0 Å². The molecular weight excluding hydrogens is 604 g/mol. The quantitative estimate of drug-likeness (QED) is 0.156. The van der Waals surface area contributed by atoms with Crippen molar-refractivity contribution in [2.75, 3.05) is 31.6 Å². The van der Waals surface area contributed by atoms with Crippen molar-refractivity contribution < 1.29 is 18.7 Å². The molecular formula is C36H51BrN2O4. The fraction of sp³-hybridized carbons (Fsp3) is 0.556. The number of nitrogens with one attached hydrogen (secondary N) is 1. The molecule has 0 atom stereocenters. The molecule has 1 amide bonds. The van der Waals surface area contributed by atoms with E-state index in [1.807, 2.05) is 38.1 Å². The Hall–Kier alpha value is -2.64. The predicted octanol–water partition coefficient (Wildman–Crippen LogP) is 9.18. The number of likely N-dealkylation sites (N-methyl/N-ethyl adjacent to an activating group) is 1. The maximum absolute atomic E-state index is 13.4. The molecule has 4 rings (SSSR count). The number of fused-ring (bicyclic) bond motifs is 1. The van der Waals surface area contributed by atoms with E-state index in [0.717, 1.165) is 79.9 Å². The van der Waals surface area contributed by atoms with E-state index in [0.29, 0.717) is 23.4 Å². The van der Waals surface area contributed by atoms with Gasteiger partial charge in [-0.2, -0.15) is 0 Å². The molecule has 3 aromatic rings. The van der Waals surface area contributed by atoms with E-state index in [4.69, 9.17) is 9.15 Å². The van der Waals surface area contributed by atoms with Crippen LogP contribution in [0.25, 0.3) is 11.0 Å². The fourth-order valence-corrected chi connectivity index (χ4v) is 6.23. The zero-order valence-electron chi connectivity index (χ0n) is 26.6. The average Bonchev–Trinajstić information content (AvgIpc) is 3.65. The van der Waals surface area contributed by atoms with Crippen molar-refractivity contribution in [3.63, 3.8) is 0 Å². The molecule has 1 aliphatic carbocycles. The minimum Gasteiger partial charge on any atom is -0.462 e. The van der Waals surface area contributed by atoms with Crippen LogP contribution in [0.5, 0.6) is 0 Å². The lowest BCUT2D eigenvalue weighted by atomic mass is 10.0. The van der Waals surface area contributed by atoms with E-state index in [1.54, 1.807) is 12.1 Å². The highest BCUT2D eigenvalue weighted by Crippen LogP contribution is 2.31. The normalized spacial score (nSPS) is 13.4. The molecule has 43 heavy (non-hydrogen) atoms. The van der Waals surface area contributed by atoms with Crippen LogP contribution in [0.3, 0.4) is 0 Å². The average molecular weight is 656 g/mol. The van der Waals surface area contributed by atoms with Crippen molar-refractivity contribution in [2.24, 2.45) is 5.92 Å². The van der Waals surface area contributed by atoms with Crippen LogP contribution in [0.2, 0.25) is 0 Å². The molecule has 0 saturated heterocycles. The molecule has 0 radical (unpaired) electrons. The zero-order valence-corrected chi connectivity index (χ0v) is 28.3. The Bertz CT molecular complexity index is 1330. The lowest BCUT2D eigenvalue weighted by Gasteiger charge is -2.21. The van der Waals surface area contributed by atoms with Crippen molar-refractivity contribution in [2.45, 2.75) is 98.3 Å². The predicted molar refractivity (Wildman–Crippen MR) is 182 cm³/mol. The maximum Gasteiger partial charge on any atom is 0.338 e. The molecule has 1 saturated carbocycles. The Labute approximate surface area is 268 Å². The van der Waals surface area contributed by atoms with Gasteiger partial charge in [0.05, 0.1) is 17.7 Å². The summed E-state index contributed by atoms with van der Waals surface area (Å²) in [6.45, 7) is 11.9. The summed E-state index contributed by atoms with van der Waals surface area (Å²) in [6, 6.07) is 11.2. The zero-order chi connectivity index (χ0) is 29.9. The molecule has 1 N–H and O–H groups in total. The number of hydrogen-bond acceptors (Lipinski definition) is 5. The lowest BCUT2D eigenvalue weighted by molar-refractivity contribution is 0.0502. The molecule has 0 unspecified atom stereocenters. The number of benzene rings is 2. The minimum absolute atomic E-state index is 0. The number of furan rings is 1. The molecule has 0 aliphatic heterocycles. The summed E-state index contributed by atoms with van der Waals surface area (Å²) in [7, 11) is 0. The molecule has 1 heterocycles. The van der Waals surface area contributed by atoms with Gasteiger partial charge in [-0.15, -0.1) is 17.0 Å². The second-order valence-electron chi connectivity index (χ2n) is 11.8. The van der Waals surface area contributed by atoms with Gasteiger partial charge in [-0.3, -0.25) is 4.79 Å². The van der Waals surface area contributed by atoms with Crippen molar-refractivity contribution in [3.8, 4) is 0 Å². The Morgan fingerprint density at radius 2 is 1.74 bits per heavy atom. The summed E-state index contributed by atoms with van der Waals surface area (Å²) >= 11 is 0. The van der Waals surface area contributed by atoms with E-state index in [9.17, 15) is 9.59 Å². The van der Waals surface area contributed by atoms with Gasteiger partial charge >= 0.3 is 5.97 Å². The van der Waals surface area contributed by atoms with E-state index >= 15 is 0 Å². The van der Waals surface area contributed by atoms with Crippen molar-refractivity contribution in [1.29, 1.82) is 0 Å². The molecule has 1 aromatic heterocycles. The molecule has 7 heteroatoms. The largest absolute Gasteiger partial charge is 0.462 e. The van der Waals surface area contributed by atoms with Crippen molar-refractivity contribution in [3.05, 3.63) is 64.4 Å². The van der Waals surface area contributed by atoms with Gasteiger partial charge in [0.25, 0.3) is 5.91 Å². The van der Waals surface area contributed by atoms with Crippen LogP contribution in [0.15, 0.2) is 40.8 Å². The van der Waals surface area contributed by atoms with Crippen LogP contribution in [-0.4, -0.2) is 43.0 Å². The third kappa shape index (κ3) is 9.42. The van der Waals surface area contributed by atoms with Crippen LogP contribution >= 0.6 is 17.0 Å². The summed E-state index contributed by atoms with van der Waals surface area (Å²) in [5.74, 6) is 1.21. The number of hydrogen-bond donors (Lipinski definition) is 1. The van der Waals surface area contributed by atoms with Crippen LogP contribution < -0.4 is 5.32 Å². The number of rotatable bonds is 16. The van der Waals surface area contributed by atoms with Crippen molar-refractivity contribution in [1.82, 2.24) is 4.90 Å². The summed E-state index contributed by atoms with van der Waals surface area (Å²) in [5, 5.41) is 4.10. The van der Waals surface area contributed by atoms with E-state index < -0.39 is 5.97 Å². The number of nitrogens with zero attached hydrogens (tertiary/aromatic N) is 1. The SMILES string of the molecule is Br.CCCOC(=O)c1cc(CC)ccc1C(=O)Nc1ccc2oc(CCC)c(CCN(CC)CCCC3CCCC3)c2c1. The number of esters is 1. The first-order valence-electron chi connectivity index (χ1n) is 16.3. The van der Waals surface area contributed by atoms with Gasteiger partial charge in [0.2, 0.25) is 0 Å². The first-order chi connectivity index (χ1) is 20.5. The van der Waals surface area contributed by atoms with Gasteiger partial charge in [-0.25, -0.2) is 4.79 Å². The summed E-state index contributed by atoms with van der Waals surface area (Å²) in [4.78, 5) is 28.8. The van der Waals surface area contributed by atoms with Gasteiger partial charge in [0.1, 0.15) is 11.3 Å². The number of anilines is 1. The van der Waals surface area contributed by atoms with E-state index in [-0.39, 0.29) is 22.9 Å². The van der Waals surface area contributed by atoms with Gasteiger partial charge in [0, 0.05) is 29.6 Å². The number of aryl methyl sites for hydroxylation is 2. The highest BCUT2D eigenvalue weighted by atomic mass is 79.9. The Morgan fingerprint density at radius 3 is 2.44 bits per heavy atom.